The average molecular weight is 384 g/mol. The minimum absolute atomic E-state index is 0.301. The van der Waals surface area contributed by atoms with E-state index in [0.717, 1.165) is 11.1 Å². The van der Waals surface area contributed by atoms with E-state index in [1.807, 2.05) is 47.4 Å². The second-order valence-electron chi connectivity index (χ2n) is 5.49. The molecular weight excluding hydrogens is 366 g/mol. The van der Waals surface area contributed by atoms with E-state index in [4.69, 9.17) is 29.1 Å². The van der Waals surface area contributed by atoms with E-state index in [-0.39, 0.29) is 5.91 Å². The zero-order valence-electron chi connectivity index (χ0n) is 14.1. The van der Waals surface area contributed by atoms with Crippen molar-refractivity contribution in [3.05, 3.63) is 76.8 Å². The first-order valence-electron chi connectivity index (χ1n) is 8.03. The van der Waals surface area contributed by atoms with Gasteiger partial charge in [-0.25, -0.2) is 0 Å². The molecule has 6 heteroatoms. The number of amides is 1. The molecule has 0 aliphatic heterocycles. The first-order chi connectivity index (χ1) is 12.6. The van der Waals surface area contributed by atoms with Crippen molar-refractivity contribution < 1.29 is 4.79 Å². The van der Waals surface area contributed by atoms with Crippen LogP contribution in [0.2, 0.25) is 5.02 Å². The third-order valence-corrected chi connectivity index (χ3v) is 4.14. The first kappa shape index (κ1) is 19.6. The summed E-state index contributed by atoms with van der Waals surface area (Å²) in [5, 5.41) is 12.5. The van der Waals surface area contributed by atoms with E-state index in [9.17, 15) is 4.79 Å². The molecular formula is C20H18ClN3OS. The highest BCUT2D eigenvalue weighted by Crippen LogP contribution is 2.10. The lowest BCUT2D eigenvalue weighted by molar-refractivity contribution is -0.115. The molecule has 0 spiro atoms. The van der Waals surface area contributed by atoms with Crippen molar-refractivity contribution in [2.24, 2.45) is 0 Å². The molecule has 0 saturated heterocycles. The van der Waals surface area contributed by atoms with Crippen molar-refractivity contribution >= 4 is 40.9 Å². The number of nitrogens with one attached hydrogen (secondary N) is 1. The Bertz CT molecular complexity index is 813. The Morgan fingerprint density at radius 3 is 2.54 bits per heavy atom. The summed E-state index contributed by atoms with van der Waals surface area (Å²) in [6.07, 6.45) is 3.43. The molecule has 1 amide bonds. The molecule has 26 heavy (non-hydrogen) atoms. The molecule has 4 nitrogen and oxygen atoms in total. The summed E-state index contributed by atoms with van der Waals surface area (Å²) in [5.41, 5.74) is 1.92. The number of nitrogens with zero attached hydrogens (tertiary/aromatic N) is 2. The van der Waals surface area contributed by atoms with Gasteiger partial charge >= 0.3 is 0 Å². The van der Waals surface area contributed by atoms with E-state index in [0.29, 0.717) is 29.6 Å². The van der Waals surface area contributed by atoms with Gasteiger partial charge in [0.2, 0.25) is 5.91 Å². The predicted molar refractivity (Wildman–Crippen MR) is 108 cm³/mol. The van der Waals surface area contributed by atoms with Crippen LogP contribution < -0.4 is 5.32 Å². The molecule has 2 aromatic carbocycles. The summed E-state index contributed by atoms with van der Waals surface area (Å²) in [5.74, 6) is -0.319. The van der Waals surface area contributed by atoms with Crippen LogP contribution in [0.4, 0.5) is 0 Å². The van der Waals surface area contributed by atoms with E-state index in [1.165, 1.54) is 6.08 Å². The van der Waals surface area contributed by atoms with E-state index < -0.39 is 0 Å². The third-order valence-electron chi connectivity index (χ3n) is 3.52. The Balaban J connectivity index is 1.97. The number of thiocarbonyl (C=S) groups is 1. The lowest BCUT2D eigenvalue weighted by Crippen LogP contribution is -2.42. The van der Waals surface area contributed by atoms with Crippen molar-refractivity contribution in [3.8, 4) is 6.07 Å². The average Bonchev–Trinajstić information content (AvgIpc) is 2.65. The SMILES string of the molecule is N#CCCN(Cc1ccccc1)C(=S)NC(=O)/C=C/c1ccc(Cl)cc1. The van der Waals surface area contributed by atoms with Gasteiger partial charge in [0.05, 0.1) is 12.5 Å². The number of rotatable bonds is 6. The molecule has 0 aliphatic carbocycles. The summed E-state index contributed by atoms with van der Waals surface area (Å²) in [6, 6.07) is 19.0. The summed E-state index contributed by atoms with van der Waals surface area (Å²) >= 11 is 11.2. The molecule has 2 rings (SSSR count). The number of benzene rings is 2. The fraction of sp³-hybridized carbons (Fsp3) is 0.150. The van der Waals surface area contributed by atoms with Crippen LogP contribution in [0.3, 0.4) is 0 Å². The van der Waals surface area contributed by atoms with Gasteiger partial charge in [0.25, 0.3) is 0 Å². The quantitative estimate of drug-likeness (QED) is 0.600. The van der Waals surface area contributed by atoms with Crippen molar-refractivity contribution in [1.29, 1.82) is 5.26 Å². The normalized spacial score (nSPS) is 10.3. The van der Waals surface area contributed by atoms with Crippen LogP contribution in [0.1, 0.15) is 17.5 Å². The molecule has 0 heterocycles. The molecule has 0 unspecified atom stereocenters. The van der Waals surface area contributed by atoms with Gasteiger partial charge in [-0.05, 0) is 41.6 Å². The van der Waals surface area contributed by atoms with Gasteiger partial charge in [-0.3, -0.25) is 10.1 Å². The van der Waals surface area contributed by atoms with Crippen LogP contribution in [0, 0.1) is 11.3 Å². The molecule has 0 aliphatic rings. The lowest BCUT2D eigenvalue weighted by Gasteiger charge is -2.24. The first-order valence-corrected chi connectivity index (χ1v) is 8.81. The second kappa shape index (κ2) is 10.3. The summed E-state index contributed by atoms with van der Waals surface area (Å²) in [6.45, 7) is 0.980. The summed E-state index contributed by atoms with van der Waals surface area (Å²) in [4.78, 5) is 13.9. The van der Waals surface area contributed by atoms with Gasteiger partial charge in [-0.2, -0.15) is 5.26 Å². The van der Waals surface area contributed by atoms with E-state index >= 15 is 0 Å². The molecule has 1 N–H and O–H groups in total. The lowest BCUT2D eigenvalue weighted by atomic mass is 10.2. The van der Waals surface area contributed by atoms with Crippen LogP contribution in [0.5, 0.6) is 0 Å². The molecule has 0 radical (unpaired) electrons. The highest BCUT2D eigenvalue weighted by Gasteiger charge is 2.12. The van der Waals surface area contributed by atoms with Crippen molar-refractivity contribution in [1.82, 2.24) is 10.2 Å². The third kappa shape index (κ3) is 6.67. The summed E-state index contributed by atoms with van der Waals surface area (Å²) in [7, 11) is 0. The molecule has 2 aromatic rings. The van der Waals surface area contributed by atoms with Gasteiger partial charge in [-0.15, -0.1) is 0 Å². The van der Waals surface area contributed by atoms with Crippen LogP contribution in [0.15, 0.2) is 60.7 Å². The highest BCUT2D eigenvalue weighted by atomic mass is 35.5. The number of hydrogen-bond donors (Lipinski definition) is 1. The number of nitriles is 1. The van der Waals surface area contributed by atoms with Crippen molar-refractivity contribution in [2.45, 2.75) is 13.0 Å². The van der Waals surface area contributed by atoms with Crippen LogP contribution >= 0.6 is 23.8 Å². The molecule has 0 bridgehead atoms. The minimum Gasteiger partial charge on any atom is -0.344 e. The van der Waals surface area contributed by atoms with E-state index in [2.05, 4.69) is 11.4 Å². The van der Waals surface area contributed by atoms with Crippen LogP contribution in [-0.2, 0) is 11.3 Å². The maximum atomic E-state index is 12.1. The minimum atomic E-state index is -0.319. The monoisotopic (exact) mass is 383 g/mol. The molecule has 132 valence electrons. The van der Waals surface area contributed by atoms with Gasteiger partial charge in [-0.1, -0.05) is 54.1 Å². The Kier molecular flexibility index (Phi) is 7.81. The zero-order chi connectivity index (χ0) is 18.8. The fourth-order valence-electron chi connectivity index (χ4n) is 2.21. The maximum absolute atomic E-state index is 12.1. The van der Waals surface area contributed by atoms with Crippen LogP contribution in [-0.4, -0.2) is 22.5 Å². The smallest absolute Gasteiger partial charge is 0.250 e. The molecule has 0 fully saturated rings. The Hall–Kier alpha value is -2.68. The predicted octanol–water partition coefficient (Wildman–Crippen LogP) is 4.17. The Morgan fingerprint density at radius 1 is 1.19 bits per heavy atom. The molecule has 0 saturated carbocycles. The number of hydrogen-bond acceptors (Lipinski definition) is 3. The maximum Gasteiger partial charge on any atom is 0.250 e. The standard InChI is InChI=1S/C20H18ClN3OS/c21-18-10-7-16(8-11-18)9-12-19(25)23-20(26)24(14-4-13-22)15-17-5-2-1-3-6-17/h1-3,5-12H,4,14-15H2,(H,23,25,26)/b12-9+. The number of halogens is 1. The Morgan fingerprint density at radius 2 is 1.88 bits per heavy atom. The largest absolute Gasteiger partial charge is 0.344 e. The van der Waals surface area contributed by atoms with Crippen molar-refractivity contribution in [2.75, 3.05) is 6.54 Å². The Labute approximate surface area is 163 Å². The number of carbonyl (C=O) groups excluding carboxylic acids is 1. The van der Waals surface area contributed by atoms with Gasteiger partial charge in [0.1, 0.15) is 0 Å². The van der Waals surface area contributed by atoms with Gasteiger partial charge in [0, 0.05) is 24.2 Å². The van der Waals surface area contributed by atoms with Crippen LogP contribution in [0.25, 0.3) is 6.08 Å². The van der Waals surface area contributed by atoms with Crippen molar-refractivity contribution in [3.63, 3.8) is 0 Å². The van der Waals surface area contributed by atoms with Gasteiger partial charge in [0.15, 0.2) is 5.11 Å². The molecule has 0 atom stereocenters. The zero-order valence-corrected chi connectivity index (χ0v) is 15.6. The number of carbonyl (C=O) groups is 1. The van der Waals surface area contributed by atoms with Gasteiger partial charge < -0.3 is 4.90 Å². The fourth-order valence-corrected chi connectivity index (χ4v) is 2.60. The topological polar surface area (TPSA) is 56.1 Å². The molecule has 0 aromatic heterocycles. The summed E-state index contributed by atoms with van der Waals surface area (Å²) < 4.78 is 0. The van der Waals surface area contributed by atoms with E-state index in [1.54, 1.807) is 18.2 Å². The second-order valence-corrected chi connectivity index (χ2v) is 6.32. The highest BCUT2D eigenvalue weighted by molar-refractivity contribution is 7.80.